The Morgan fingerprint density at radius 3 is 2.75 bits per heavy atom. The Kier molecular flexibility index (Phi) is 3.71. The van der Waals surface area contributed by atoms with Crippen molar-refractivity contribution in [2.24, 2.45) is 0 Å². The van der Waals surface area contributed by atoms with Crippen molar-refractivity contribution in [3.63, 3.8) is 0 Å². The number of halogens is 2. The van der Waals surface area contributed by atoms with E-state index in [4.69, 9.17) is 0 Å². The van der Waals surface area contributed by atoms with E-state index in [1.165, 1.54) is 21.6 Å². The molecule has 1 aromatic carbocycles. The largest absolute Gasteiger partial charge is 0.351 e. The van der Waals surface area contributed by atoms with Gasteiger partial charge in [-0.3, -0.25) is 4.90 Å². The second kappa shape index (κ2) is 5.49. The molecule has 106 valence electrons. The molecular formula is C13H14BrFN4O. The van der Waals surface area contributed by atoms with E-state index in [9.17, 15) is 9.18 Å². The van der Waals surface area contributed by atoms with Gasteiger partial charge >= 0.3 is 5.69 Å². The summed E-state index contributed by atoms with van der Waals surface area (Å²) in [5.74, 6) is -0.456. The van der Waals surface area contributed by atoms with Gasteiger partial charge in [-0.1, -0.05) is 15.9 Å². The topological polar surface area (TPSA) is 43.1 Å². The lowest BCUT2D eigenvalue weighted by atomic mass is 10.3. The van der Waals surface area contributed by atoms with E-state index in [1.54, 1.807) is 12.1 Å². The van der Waals surface area contributed by atoms with Gasteiger partial charge in [0.15, 0.2) is 0 Å². The second-order valence-corrected chi connectivity index (χ2v) is 5.76. The number of benzene rings is 1. The predicted octanol–water partition coefficient (Wildman–Crippen LogP) is 1.99. The van der Waals surface area contributed by atoms with Gasteiger partial charge in [-0.2, -0.15) is 9.78 Å². The molecule has 0 aliphatic carbocycles. The van der Waals surface area contributed by atoms with E-state index in [-0.39, 0.29) is 11.4 Å². The highest BCUT2D eigenvalue weighted by Gasteiger charge is 2.16. The van der Waals surface area contributed by atoms with Crippen molar-refractivity contribution in [3.05, 3.63) is 45.3 Å². The van der Waals surface area contributed by atoms with Crippen molar-refractivity contribution in [2.45, 2.75) is 19.5 Å². The SMILES string of the molecule is O=c1n(-c2ccc(Br)cc2F)cnn1CN1CCCC1. The summed E-state index contributed by atoms with van der Waals surface area (Å²) in [7, 11) is 0. The molecule has 7 heteroatoms. The van der Waals surface area contributed by atoms with Crippen molar-refractivity contribution in [1.29, 1.82) is 0 Å². The van der Waals surface area contributed by atoms with Gasteiger partial charge in [0, 0.05) is 4.47 Å². The molecule has 1 aliphatic rings. The van der Waals surface area contributed by atoms with Crippen molar-refractivity contribution >= 4 is 15.9 Å². The molecule has 0 amide bonds. The number of nitrogens with zero attached hydrogens (tertiary/aromatic N) is 4. The minimum absolute atomic E-state index is 0.214. The average molecular weight is 341 g/mol. The quantitative estimate of drug-likeness (QED) is 0.858. The molecule has 0 saturated carbocycles. The lowest BCUT2D eigenvalue weighted by Gasteiger charge is -2.12. The van der Waals surface area contributed by atoms with Gasteiger partial charge in [0.1, 0.15) is 12.1 Å². The van der Waals surface area contributed by atoms with Gasteiger partial charge in [0.05, 0.1) is 12.4 Å². The maximum Gasteiger partial charge on any atom is 0.351 e. The van der Waals surface area contributed by atoms with Crippen LogP contribution in [0.3, 0.4) is 0 Å². The molecule has 2 aromatic rings. The first kappa shape index (κ1) is 13.5. The van der Waals surface area contributed by atoms with E-state index in [0.29, 0.717) is 11.1 Å². The smallest absolute Gasteiger partial charge is 0.284 e. The molecule has 3 rings (SSSR count). The van der Waals surface area contributed by atoms with E-state index >= 15 is 0 Å². The van der Waals surface area contributed by atoms with Crippen molar-refractivity contribution in [2.75, 3.05) is 13.1 Å². The molecule has 0 atom stereocenters. The van der Waals surface area contributed by atoms with Crippen LogP contribution < -0.4 is 5.69 Å². The van der Waals surface area contributed by atoms with Crippen LogP contribution in [0, 0.1) is 5.82 Å². The Morgan fingerprint density at radius 2 is 2.05 bits per heavy atom. The van der Waals surface area contributed by atoms with E-state index < -0.39 is 5.82 Å². The molecule has 0 spiro atoms. The van der Waals surface area contributed by atoms with E-state index in [0.717, 1.165) is 25.9 Å². The van der Waals surface area contributed by atoms with Crippen LogP contribution in [0.5, 0.6) is 0 Å². The highest BCUT2D eigenvalue weighted by molar-refractivity contribution is 9.10. The standard InChI is InChI=1S/C13H14BrFN4O/c14-10-3-4-12(11(15)7-10)18-8-16-19(13(18)20)9-17-5-1-2-6-17/h3-4,7-8H,1-2,5-6,9H2. The predicted molar refractivity (Wildman–Crippen MR) is 76.3 cm³/mol. The van der Waals surface area contributed by atoms with Gasteiger partial charge < -0.3 is 0 Å². The number of hydrogen-bond acceptors (Lipinski definition) is 3. The molecular weight excluding hydrogens is 327 g/mol. The van der Waals surface area contributed by atoms with E-state index in [1.807, 2.05) is 0 Å². The minimum Gasteiger partial charge on any atom is -0.284 e. The molecule has 0 unspecified atom stereocenters. The number of aromatic nitrogens is 3. The Labute approximate surface area is 123 Å². The van der Waals surface area contributed by atoms with Crippen molar-refractivity contribution < 1.29 is 4.39 Å². The fraction of sp³-hybridized carbons (Fsp3) is 0.385. The highest BCUT2D eigenvalue weighted by Crippen LogP contribution is 2.17. The second-order valence-electron chi connectivity index (χ2n) is 4.85. The van der Waals surface area contributed by atoms with Gasteiger partial charge in [0.25, 0.3) is 0 Å². The van der Waals surface area contributed by atoms with Crippen LogP contribution in [0.4, 0.5) is 4.39 Å². The summed E-state index contributed by atoms with van der Waals surface area (Å²) in [5, 5.41) is 4.07. The lowest BCUT2D eigenvalue weighted by molar-refractivity contribution is 0.250. The summed E-state index contributed by atoms with van der Waals surface area (Å²) >= 11 is 3.20. The third-order valence-electron chi connectivity index (χ3n) is 3.44. The van der Waals surface area contributed by atoms with E-state index in [2.05, 4.69) is 25.9 Å². The molecule has 1 aliphatic heterocycles. The van der Waals surface area contributed by atoms with Crippen LogP contribution in [0.2, 0.25) is 0 Å². The van der Waals surface area contributed by atoms with Crippen LogP contribution in [0.25, 0.3) is 5.69 Å². The average Bonchev–Trinajstić information content (AvgIpc) is 3.03. The zero-order valence-corrected chi connectivity index (χ0v) is 12.4. The molecule has 1 saturated heterocycles. The zero-order valence-electron chi connectivity index (χ0n) is 10.8. The Bertz CT molecular complexity index is 675. The molecule has 0 radical (unpaired) electrons. The van der Waals surface area contributed by atoms with Gasteiger partial charge in [-0.05, 0) is 44.1 Å². The van der Waals surface area contributed by atoms with Gasteiger partial charge in [-0.15, -0.1) is 0 Å². The maximum absolute atomic E-state index is 13.9. The summed E-state index contributed by atoms with van der Waals surface area (Å²) in [6, 6.07) is 4.59. The summed E-state index contributed by atoms with van der Waals surface area (Å²) < 4.78 is 17.1. The van der Waals surface area contributed by atoms with Gasteiger partial charge in [0.2, 0.25) is 0 Å². The molecule has 0 N–H and O–H groups in total. The van der Waals surface area contributed by atoms with Crippen molar-refractivity contribution in [3.8, 4) is 5.69 Å². The highest BCUT2D eigenvalue weighted by atomic mass is 79.9. The fourth-order valence-corrected chi connectivity index (χ4v) is 2.72. The molecule has 1 fully saturated rings. The first-order valence-corrected chi connectivity index (χ1v) is 7.27. The Morgan fingerprint density at radius 1 is 1.30 bits per heavy atom. The number of hydrogen-bond donors (Lipinski definition) is 0. The van der Waals surface area contributed by atoms with Crippen LogP contribution in [0.15, 0.2) is 33.8 Å². The number of rotatable bonds is 3. The first-order chi connectivity index (χ1) is 9.65. The third-order valence-corrected chi connectivity index (χ3v) is 3.93. The Hall–Kier alpha value is -1.47. The molecule has 0 bridgehead atoms. The normalized spacial score (nSPS) is 15.9. The van der Waals surface area contributed by atoms with Crippen LogP contribution in [0.1, 0.15) is 12.8 Å². The minimum atomic E-state index is -0.456. The Balaban J connectivity index is 1.91. The third kappa shape index (κ3) is 2.55. The van der Waals surface area contributed by atoms with Crippen LogP contribution in [-0.4, -0.2) is 32.3 Å². The molecule has 5 nitrogen and oxygen atoms in total. The summed E-state index contributed by atoms with van der Waals surface area (Å²) in [6.07, 6.45) is 3.67. The van der Waals surface area contributed by atoms with Gasteiger partial charge in [-0.25, -0.2) is 13.8 Å². The lowest BCUT2D eigenvalue weighted by Crippen LogP contribution is -2.32. The summed E-state index contributed by atoms with van der Waals surface area (Å²) in [6.45, 7) is 2.42. The fourth-order valence-electron chi connectivity index (χ4n) is 2.39. The molecule has 2 heterocycles. The van der Waals surface area contributed by atoms with Crippen molar-refractivity contribution in [1.82, 2.24) is 19.2 Å². The monoisotopic (exact) mass is 340 g/mol. The maximum atomic E-state index is 13.9. The molecule has 20 heavy (non-hydrogen) atoms. The zero-order chi connectivity index (χ0) is 14.1. The van der Waals surface area contributed by atoms with Crippen LogP contribution in [-0.2, 0) is 6.67 Å². The first-order valence-electron chi connectivity index (χ1n) is 6.47. The summed E-state index contributed by atoms with van der Waals surface area (Å²) in [5.41, 5.74) is -0.107. The summed E-state index contributed by atoms with van der Waals surface area (Å²) in [4.78, 5) is 14.4. The molecule has 1 aromatic heterocycles. The number of likely N-dealkylation sites (tertiary alicyclic amines) is 1. The van der Waals surface area contributed by atoms with Crippen LogP contribution >= 0.6 is 15.9 Å².